The summed E-state index contributed by atoms with van der Waals surface area (Å²) in [5.74, 6) is 2.52. The lowest BCUT2D eigenvalue weighted by Crippen LogP contribution is -2.47. The topological polar surface area (TPSA) is 93.6 Å². The second-order valence-electron chi connectivity index (χ2n) is 6.58. The van der Waals surface area contributed by atoms with Crippen molar-refractivity contribution >= 4 is 6.03 Å². The van der Waals surface area contributed by atoms with Gasteiger partial charge in [-0.3, -0.25) is 0 Å². The number of furan rings is 1. The predicted octanol–water partition coefficient (Wildman–Crippen LogP) is 2.43. The molecule has 2 fully saturated rings. The number of aromatic nitrogens is 2. The molecule has 3 heterocycles. The van der Waals surface area contributed by atoms with E-state index in [9.17, 15) is 4.79 Å². The molecule has 1 aliphatic carbocycles. The van der Waals surface area contributed by atoms with Crippen molar-refractivity contribution < 1.29 is 18.5 Å². The fourth-order valence-corrected chi connectivity index (χ4v) is 2.97. The SMILES string of the molecule is O=C(NCc1ccco1)N1CCCC(OCc2nc(C3CC3)no2)C1. The van der Waals surface area contributed by atoms with Crippen molar-refractivity contribution in [3.63, 3.8) is 0 Å². The van der Waals surface area contributed by atoms with E-state index in [1.807, 2.05) is 6.07 Å². The first kappa shape index (κ1) is 16.1. The first-order valence-corrected chi connectivity index (χ1v) is 8.77. The highest BCUT2D eigenvalue weighted by Gasteiger charge is 2.29. The van der Waals surface area contributed by atoms with Crippen LogP contribution in [0.15, 0.2) is 27.3 Å². The zero-order valence-electron chi connectivity index (χ0n) is 14.0. The number of hydrogen-bond acceptors (Lipinski definition) is 6. The number of hydrogen-bond donors (Lipinski definition) is 1. The lowest BCUT2D eigenvalue weighted by Gasteiger charge is -2.32. The van der Waals surface area contributed by atoms with Gasteiger partial charge in [0.2, 0.25) is 0 Å². The second kappa shape index (κ2) is 7.26. The van der Waals surface area contributed by atoms with Crippen LogP contribution in [0.1, 0.15) is 49.1 Å². The summed E-state index contributed by atoms with van der Waals surface area (Å²) in [5, 5.41) is 6.85. The molecule has 1 atom stereocenters. The number of ether oxygens (including phenoxy) is 1. The molecule has 8 nitrogen and oxygen atoms in total. The lowest BCUT2D eigenvalue weighted by molar-refractivity contribution is -0.0104. The average Bonchev–Trinajstić information content (AvgIpc) is 3.16. The standard InChI is InChI=1S/C17H22N4O4/c22-17(18-9-13-4-2-8-23-13)21-7-1-3-14(10-21)24-11-15-19-16(20-25-15)12-5-6-12/h2,4,8,12,14H,1,3,5-7,9-11H2,(H,18,22). The normalized spacial score (nSPS) is 20.6. The van der Waals surface area contributed by atoms with Crippen LogP contribution < -0.4 is 5.32 Å². The Morgan fingerprint density at radius 1 is 1.40 bits per heavy atom. The molecule has 2 aromatic rings. The molecule has 2 aliphatic rings. The molecule has 25 heavy (non-hydrogen) atoms. The summed E-state index contributed by atoms with van der Waals surface area (Å²) in [7, 11) is 0. The number of likely N-dealkylation sites (tertiary alicyclic amines) is 1. The third kappa shape index (κ3) is 4.19. The Balaban J connectivity index is 1.23. The van der Waals surface area contributed by atoms with Gasteiger partial charge in [0.25, 0.3) is 5.89 Å². The molecule has 0 aromatic carbocycles. The molecule has 2 aromatic heterocycles. The molecular weight excluding hydrogens is 324 g/mol. The molecule has 0 radical (unpaired) electrons. The van der Waals surface area contributed by atoms with Crippen LogP contribution in [-0.2, 0) is 17.9 Å². The van der Waals surface area contributed by atoms with Gasteiger partial charge in [-0.2, -0.15) is 4.98 Å². The van der Waals surface area contributed by atoms with E-state index >= 15 is 0 Å². The fourth-order valence-electron chi connectivity index (χ4n) is 2.97. The number of rotatable bonds is 6. The number of nitrogens with zero attached hydrogens (tertiary/aromatic N) is 3. The minimum Gasteiger partial charge on any atom is -0.467 e. The van der Waals surface area contributed by atoms with E-state index in [0.29, 0.717) is 31.5 Å². The molecule has 0 spiro atoms. The third-order valence-corrected chi connectivity index (χ3v) is 4.53. The van der Waals surface area contributed by atoms with Gasteiger partial charge < -0.3 is 23.9 Å². The van der Waals surface area contributed by atoms with Crippen molar-refractivity contribution in [1.29, 1.82) is 0 Å². The summed E-state index contributed by atoms with van der Waals surface area (Å²) in [5.41, 5.74) is 0. The van der Waals surface area contributed by atoms with Crippen LogP contribution in [0.25, 0.3) is 0 Å². The number of carbonyl (C=O) groups excluding carboxylic acids is 1. The summed E-state index contributed by atoms with van der Waals surface area (Å²) >= 11 is 0. The van der Waals surface area contributed by atoms with Crippen LogP contribution in [-0.4, -0.2) is 40.3 Å². The zero-order valence-corrected chi connectivity index (χ0v) is 14.0. The van der Waals surface area contributed by atoms with Gasteiger partial charge in [0.15, 0.2) is 5.82 Å². The Bertz CT molecular complexity index is 695. The van der Waals surface area contributed by atoms with Crippen LogP contribution in [0.5, 0.6) is 0 Å². The highest BCUT2D eigenvalue weighted by atomic mass is 16.5. The van der Waals surface area contributed by atoms with Crippen LogP contribution in [0.2, 0.25) is 0 Å². The summed E-state index contributed by atoms with van der Waals surface area (Å²) in [6, 6.07) is 3.54. The van der Waals surface area contributed by atoms with E-state index < -0.39 is 0 Å². The monoisotopic (exact) mass is 346 g/mol. The Labute approximate surface area is 145 Å². The molecule has 1 aliphatic heterocycles. The van der Waals surface area contributed by atoms with Gasteiger partial charge in [-0.05, 0) is 37.8 Å². The molecular formula is C17H22N4O4. The summed E-state index contributed by atoms with van der Waals surface area (Å²) in [6.45, 7) is 1.98. The highest BCUT2D eigenvalue weighted by molar-refractivity contribution is 5.74. The van der Waals surface area contributed by atoms with Crippen molar-refractivity contribution in [2.75, 3.05) is 13.1 Å². The van der Waals surface area contributed by atoms with Gasteiger partial charge in [0.1, 0.15) is 12.4 Å². The molecule has 4 rings (SSSR count). The fraction of sp³-hybridized carbons (Fsp3) is 0.588. The molecule has 8 heteroatoms. The van der Waals surface area contributed by atoms with Crippen LogP contribution in [0.4, 0.5) is 4.79 Å². The van der Waals surface area contributed by atoms with Gasteiger partial charge in [-0.25, -0.2) is 4.79 Å². The molecule has 1 N–H and O–H groups in total. The number of carbonyl (C=O) groups is 1. The third-order valence-electron chi connectivity index (χ3n) is 4.53. The van der Waals surface area contributed by atoms with Crippen molar-refractivity contribution in [2.24, 2.45) is 0 Å². The van der Waals surface area contributed by atoms with Crippen LogP contribution in [0.3, 0.4) is 0 Å². The Kier molecular flexibility index (Phi) is 4.69. The van der Waals surface area contributed by atoms with Gasteiger partial charge in [0, 0.05) is 19.0 Å². The quantitative estimate of drug-likeness (QED) is 0.863. The number of piperidine rings is 1. The van der Waals surface area contributed by atoms with Crippen molar-refractivity contribution in [3.8, 4) is 0 Å². The van der Waals surface area contributed by atoms with Crippen LogP contribution in [0, 0.1) is 0 Å². The zero-order chi connectivity index (χ0) is 17.1. The van der Waals surface area contributed by atoms with Gasteiger partial charge in [-0.1, -0.05) is 5.16 Å². The second-order valence-corrected chi connectivity index (χ2v) is 6.58. The maximum absolute atomic E-state index is 12.3. The van der Waals surface area contributed by atoms with E-state index in [4.69, 9.17) is 13.7 Å². The van der Waals surface area contributed by atoms with E-state index in [1.165, 1.54) is 0 Å². The summed E-state index contributed by atoms with van der Waals surface area (Å²) in [6.07, 6.45) is 5.70. The van der Waals surface area contributed by atoms with Crippen molar-refractivity contribution in [1.82, 2.24) is 20.4 Å². The Morgan fingerprint density at radius 3 is 3.12 bits per heavy atom. The van der Waals surface area contributed by atoms with Gasteiger partial charge >= 0.3 is 6.03 Å². The highest BCUT2D eigenvalue weighted by Crippen LogP contribution is 2.38. The largest absolute Gasteiger partial charge is 0.467 e. The number of urea groups is 1. The first-order valence-electron chi connectivity index (χ1n) is 8.77. The summed E-state index contributed by atoms with van der Waals surface area (Å²) in [4.78, 5) is 18.4. The van der Waals surface area contributed by atoms with E-state index in [2.05, 4.69) is 15.5 Å². The van der Waals surface area contributed by atoms with E-state index in [-0.39, 0.29) is 12.1 Å². The maximum Gasteiger partial charge on any atom is 0.317 e. The number of amides is 2. The first-order chi connectivity index (χ1) is 12.3. The average molecular weight is 346 g/mol. The predicted molar refractivity (Wildman–Crippen MR) is 86.6 cm³/mol. The van der Waals surface area contributed by atoms with Crippen molar-refractivity contribution in [2.45, 2.75) is 50.9 Å². The Morgan fingerprint density at radius 2 is 2.32 bits per heavy atom. The smallest absolute Gasteiger partial charge is 0.317 e. The number of nitrogens with one attached hydrogen (secondary N) is 1. The lowest BCUT2D eigenvalue weighted by atomic mass is 10.1. The van der Waals surface area contributed by atoms with Crippen LogP contribution >= 0.6 is 0 Å². The molecule has 134 valence electrons. The van der Waals surface area contributed by atoms with Gasteiger partial charge in [-0.15, -0.1) is 0 Å². The van der Waals surface area contributed by atoms with E-state index in [1.54, 1.807) is 17.2 Å². The van der Waals surface area contributed by atoms with Gasteiger partial charge in [0.05, 0.1) is 18.9 Å². The maximum atomic E-state index is 12.3. The van der Waals surface area contributed by atoms with Crippen molar-refractivity contribution in [3.05, 3.63) is 35.9 Å². The minimum absolute atomic E-state index is 0.0145. The molecule has 2 amide bonds. The summed E-state index contributed by atoms with van der Waals surface area (Å²) < 4.78 is 16.3. The molecule has 1 unspecified atom stereocenters. The molecule has 0 bridgehead atoms. The van der Waals surface area contributed by atoms with E-state index in [0.717, 1.165) is 43.8 Å². The minimum atomic E-state index is -0.0986. The molecule has 1 saturated heterocycles. The molecule has 1 saturated carbocycles. The Hall–Kier alpha value is -2.35.